The van der Waals surface area contributed by atoms with E-state index in [4.69, 9.17) is 4.74 Å². The van der Waals surface area contributed by atoms with Crippen LogP contribution in [0.2, 0.25) is 0 Å². The van der Waals surface area contributed by atoms with E-state index in [-0.39, 0.29) is 22.8 Å². The summed E-state index contributed by atoms with van der Waals surface area (Å²) in [5, 5.41) is 14.1. The van der Waals surface area contributed by atoms with Gasteiger partial charge in [0.05, 0.1) is 17.1 Å². The topological polar surface area (TPSA) is 77.3 Å². The van der Waals surface area contributed by atoms with Crippen LogP contribution in [-0.4, -0.2) is 28.7 Å². The van der Waals surface area contributed by atoms with Crippen molar-refractivity contribution in [2.75, 3.05) is 11.9 Å². The van der Waals surface area contributed by atoms with Gasteiger partial charge in [0.2, 0.25) is 0 Å². The van der Waals surface area contributed by atoms with Gasteiger partial charge in [0.15, 0.2) is 0 Å². The maximum Gasteiger partial charge on any atom is 0.277 e. The summed E-state index contributed by atoms with van der Waals surface area (Å²) in [6.07, 6.45) is 3.54. The van der Waals surface area contributed by atoms with Gasteiger partial charge in [0, 0.05) is 24.4 Å². The van der Waals surface area contributed by atoms with Crippen molar-refractivity contribution in [1.29, 1.82) is 0 Å². The monoisotopic (exact) mass is 251 g/mol. The number of nitro groups is 1. The van der Waals surface area contributed by atoms with E-state index in [1.807, 2.05) is 6.92 Å². The molecule has 18 heavy (non-hydrogen) atoms. The maximum absolute atomic E-state index is 10.8. The molecule has 0 radical (unpaired) electrons. The molecule has 0 spiro atoms. The maximum atomic E-state index is 10.8. The van der Waals surface area contributed by atoms with Crippen molar-refractivity contribution in [3.8, 4) is 0 Å². The summed E-state index contributed by atoms with van der Waals surface area (Å²) in [4.78, 5) is 14.7. The minimum absolute atomic E-state index is 0.104. The second-order valence-electron chi connectivity index (χ2n) is 4.66. The molecule has 0 aliphatic carbocycles. The number of pyridine rings is 1. The van der Waals surface area contributed by atoms with Crippen molar-refractivity contribution in [3.63, 3.8) is 0 Å². The van der Waals surface area contributed by atoms with Crippen molar-refractivity contribution in [1.82, 2.24) is 4.98 Å². The molecular formula is C12H17N3O3. The van der Waals surface area contributed by atoms with E-state index in [9.17, 15) is 10.1 Å². The number of rotatable bonds is 3. The third-order valence-corrected chi connectivity index (χ3v) is 3.11. The van der Waals surface area contributed by atoms with Crippen LogP contribution in [0.25, 0.3) is 0 Å². The van der Waals surface area contributed by atoms with E-state index in [1.165, 1.54) is 12.3 Å². The smallest absolute Gasteiger partial charge is 0.277 e. The lowest BCUT2D eigenvalue weighted by molar-refractivity contribution is -0.385. The molecule has 0 saturated carbocycles. The molecule has 6 heteroatoms. The minimum atomic E-state index is -0.380. The Morgan fingerprint density at radius 3 is 3.06 bits per heavy atom. The van der Waals surface area contributed by atoms with Gasteiger partial charge in [-0.3, -0.25) is 10.1 Å². The third-order valence-electron chi connectivity index (χ3n) is 3.11. The Morgan fingerprint density at radius 1 is 1.61 bits per heavy atom. The van der Waals surface area contributed by atoms with E-state index >= 15 is 0 Å². The number of ether oxygens (including phenoxy) is 1. The summed E-state index contributed by atoms with van der Waals surface area (Å²) in [7, 11) is 0. The van der Waals surface area contributed by atoms with Crippen LogP contribution in [0.4, 0.5) is 11.5 Å². The highest BCUT2D eigenvalue weighted by Gasteiger charge is 2.20. The van der Waals surface area contributed by atoms with Gasteiger partial charge >= 0.3 is 0 Å². The van der Waals surface area contributed by atoms with Crippen LogP contribution in [0, 0.1) is 17.0 Å². The first-order valence-electron chi connectivity index (χ1n) is 6.05. The van der Waals surface area contributed by atoms with Crippen LogP contribution >= 0.6 is 0 Å². The molecule has 1 aliphatic rings. The molecule has 1 aliphatic heterocycles. The average molecular weight is 251 g/mol. The van der Waals surface area contributed by atoms with Gasteiger partial charge in [0.25, 0.3) is 5.69 Å². The van der Waals surface area contributed by atoms with E-state index < -0.39 is 0 Å². The number of nitrogens with one attached hydrogen (secondary N) is 1. The van der Waals surface area contributed by atoms with Crippen LogP contribution in [-0.2, 0) is 4.74 Å². The van der Waals surface area contributed by atoms with Gasteiger partial charge in [-0.2, -0.15) is 0 Å². The molecule has 0 amide bonds. The predicted molar refractivity (Wildman–Crippen MR) is 67.7 cm³/mol. The van der Waals surface area contributed by atoms with Crippen molar-refractivity contribution < 1.29 is 9.66 Å². The fourth-order valence-corrected chi connectivity index (χ4v) is 2.13. The molecule has 2 heterocycles. The standard InChI is InChI=1S/C12H17N3O3/c1-8-7-13-12(6-11(8)15(16)17)14-10-3-4-18-9(2)5-10/h6-7,9-10H,3-5H2,1-2H3,(H,13,14). The molecule has 1 N–H and O–H groups in total. The summed E-state index contributed by atoms with van der Waals surface area (Å²) in [6.45, 7) is 4.43. The molecule has 1 fully saturated rings. The summed E-state index contributed by atoms with van der Waals surface area (Å²) in [6, 6.07) is 1.76. The lowest BCUT2D eigenvalue weighted by Gasteiger charge is -2.28. The Morgan fingerprint density at radius 2 is 2.39 bits per heavy atom. The molecule has 1 aromatic heterocycles. The highest BCUT2D eigenvalue weighted by molar-refractivity contribution is 5.49. The fourth-order valence-electron chi connectivity index (χ4n) is 2.13. The Hall–Kier alpha value is -1.69. The summed E-state index contributed by atoms with van der Waals surface area (Å²) in [5.41, 5.74) is 0.679. The number of nitrogens with zero attached hydrogens (tertiary/aromatic N) is 2. The lowest BCUT2D eigenvalue weighted by atomic mass is 10.0. The van der Waals surface area contributed by atoms with Crippen molar-refractivity contribution >= 4 is 11.5 Å². The summed E-state index contributed by atoms with van der Waals surface area (Å²) in [5.74, 6) is 0.561. The molecule has 98 valence electrons. The highest BCUT2D eigenvalue weighted by atomic mass is 16.6. The predicted octanol–water partition coefficient (Wildman–Crippen LogP) is 2.28. The Bertz CT molecular complexity index is 450. The normalized spacial score (nSPS) is 23.7. The Balaban J connectivity index is 2.09. The van der Waals surface area contributed by atoms with Gasteiger partial charge in [-0.15, -0.1) is 0 Å². The number of anilines is 1. The first-order chi connectivity index (χ1) is 8.56. The largest absolute Gasteiger partial charge is 0.378 e. The minimum Gasteiger partial charge on any atom is -0.378 e. The second kappa shape index (κ2) is 5.30. The van der Waals surface area contributed by atoms with Crippen LogP contribution < -0.4 is 5.32 Å². The van der Waals surface area contributed by atoms with Crippen LogP contribution in [0.15, 0.2) is 12.3 Å². The third kappa shape index (κ3) is 2.95. The Labute approximate surface area is 106 Å². The SMILES string of the molecule is Cc1cnc(NC2CCOC(C)C2)cc1[N+](=O)[O-]. The molecule has 2 rings (SSSR count). The molecule has 2 unspecified atom stereocenters. The van der Waals surface area contributed by atoms with Gasteiger partial charge in [-0.1, -0.05) is 0 Å². The molecule has 0 bridgehead atoms. The molecule has 6 nitrogen and oxygen atoms in total. The van der Waals surface area contributed by atoms with Crippen molar-refractivity contribution in [3.05, 3.63) is 27.9 Å². The van der Waals surface area contributed by atoms with Crippen LogP contribution in [0.5, 0.6) is 0 Å². The Kier molecular flexibility index (Phi) is 3.76. The summed E-state index contributed by atoms with van der Waals surface area (Å²) >= 11 is 0. The van der Waals surface area contributed by atoms with Gasteiger partial charge in [-0.05, 0) is 26.7 Å². The molecular weight excluding hydrogens is 234 g/mol. The number of hydrogen-bond donors (Lipinski definition) is 1. The number of hydrogen-bond acceptors (Lipinski definition) is 5. The molecule has 2 atom stereocenters. The van der Waals surface area contributed by atoms with Gasteiger partial charge < -0.3 is 10.1 Å². The van der Waals surface area contributed by atoms with Crippen molar-refractivity contribution in [2.45, 2.75) is 38.8 Å². The first kappa shape index (κ1) is 12.8. The molecule has 1 saturated heterocycles. The van der Waals surface area contributed by atoms with Gasteiger partial charge in [0.1, 0.15) is 5.82 Å². The van der Waals surface area contributed by atoms with E-state index in [0.29, 0.717) is 18.0 Å². The summed E-state index contributed by atoms with van der Waals surface area (Å²) < 4.78 is 5.46. The first-order valence-corrected chi connectivity index (χ1v) is 6.05. The zero-order valence-corrected chi connectivity index (χ0v) is 10.5. The van der Waals surface area contributed by atoms with Gasteiger partial charge in [-0.25, -0.2) is 4.98 Å². The zero-order valence-electron chi connectivity index (χ0n) is 10.5. The molecule has 0 aromatic carbocycles. The van der Waals surface area contributed by atoms with E-state index in [1.54, 1.807) is 6.92 Å². The number of aryl methyl sites for hydroxylation is 1. The highest BCUT2D eigenvalue weighted by Crippen LogP contribution is 2.22. The van der Waals surface area contributed by atoms with Crippen LogP contribution in [0.1, 0.15) is 25.3 Å². The van der Waals surface area contributed by atoms with E-state index in [2.05, 4.69) is 10.3 Å². The van der Waals surface area contributed by atoms with E-state index in [0.717, 1.165) is 12.8 Å². The second-order valence-corrected chi connectivity index (χ2v) is 4.66. The van der Waals surface area contributed by atoms with Crippen molar-refractivity contribution in [2.24, 2.45) is 0 Å². The molecule has 1 aromatic rings. The number of aromatic nitrogens is 1. The fraction of sp³-hybridized carbons (Fsp3) is 0.583. The zero-order chi connectivity index (χ0) is 13.1. The van der Waals surface area contributed by atoms with Crippen LogP contribution in [0.3, 0.4) is 0 Å². The lowest BCUT2D eigenvalue weighted by Crippen LogP contribution is -2.32. The average Bonchev–Trinajstić information content (AvgIpc) is 2.31. The quantitative estimate of drug-likeness (QED) is 0.658.